The normalized spacial score (nSPS) is 22.1. The number of hydrogen-bond donors (Lipinski definition) is 1. The summed E-state index contributed by atoms with van der Waals surface area (Å²) in [6, 6.07) is 10.7. The number of benzene rings is 2. The van der Waals surface area contributed by atoms with Gasteiger partial charge in [-0.15, -0.1) is 0 Å². The Morgan fingerprint density at radius 3 is 2.42 bits per heavy atom. The molecule has 2 aromatic carbocycles. The molecule has 5 rings (SSSR count). The molecule has 0 aromatic heterocycles. The van der Waals surface area contributed by atoms with E-state index in [0.717, 1.165) is 4.90 Å². The largest absolute Gasteiger partial charge is 0.486 e. The Labute approximate surface area is 196 Å². The lowest BCUT2D eigenvalue weighted by molar-refractivity contribution is -0.918. The molecule has 1 N–H and O–H groups in total. The summed E-state index contributed by atoms with van der Waals surface area (Å²) in [6.07, 6.45) is 0.0928. The Hall–Kier alpha value is -2.66. The SMILES string of the molecule is O=C1C[C@@H]([NH+]2CCN(S(=O)(=O)c3ccc4c(c3)OCCO4)CC2)C(=O)N1c1cccc(Cl)c1. The van der Waals surface area contributed by atoms with Crippen molar-refractivity contribution in [3.8, 4) is 11.5 Å². The second-order valence-electron chi connectivity index (χ2n) is 8.17. The smallest absolute Gasteiger partial charge is 0.292 e. The summed E-state index contributed by atoms with van der Waals surface area (Å²) >= 11 is 6.02. The van der Waals surface area contributed by atoms with Gasteiger partial charge in [-0.1, -0.05) is 17.7 Å². The van der Waals surface area contributed by atoms with Crippen LogP contribution in [0.1, 0.15) is 6.42 Å². The predicted octanol–water partition coefficient (Wildman–Crippen LogP) is 0.333. The number of halogens is 1. The molecule has 9 nitrogen and oxygen atoms in total. The standard InChI is InChI=1S/C22H22ClN3O6S/c23-15-2-1-3-16(12-15)26-21(27)14-18(22(26)28)24-6-8-25(9-7-24)33(29,30)17-4-5-19-20(13-17)32-11-10-31-19/h1-5,12-13,18H,6-11,14H2/p+1/t18-/m1/s1. The maximum absolute atomic E-state index is 13.2. The van der Waals surface area contributed by atoms with Crippen LogP contribution in [0, 0.1) is 0 Å². The minimum Gasteiger partial charge on any atom is -0.486 e. The molecule has 3 aliphatic heterocycles. The Balaban J connectivity index is 1.27. The van der Waals surface area contributed by atoms with Crippen LogP contribution in [0.3, 0.4) is 0 Å². The van der Waals surface area contributed by atoms with E-state index in [4.69, 9.17) is 21.1 Å². The van der Waals surface area contributed by atoms with Crippen LogP contribution >= 0.6 is 11.6 Å². The van der Waals surface area contributed by atoms with Gasteiger partial charge in [-0.2, -0.15) is 4.31 Å². The number of rotatable bonds is 4. The molecule has 0 bridgehead atoms. The summed E-state index contributed by atoms with van der Waals surface area (Å²) < 4.78 is 38.7. The van der Waals surface area contributed by atoms with E-state index in [1.165, 1.54) is 21.3 Å². The zero-order valence-electron chi connectivity index (χ0n) is 17.7. The highest BCUT2D eigenvalue weighted by Gasteiger charge is 2.47. The minimum atomic E-state index is -3.72. The Bertz CT molecular complexity index is 1210. The van der Waals surface area contributed by atoms with Crippen molar-refractivity contribution in [2.24, 2.45) is 0 Å². The molecule has 3 heterocycles. The number of sulfonamides is 1. The van der Waals surface area contributed by atoms with Gasteiger partial charge in [-0.05, 0) is 30.3 Å². The Morgan fingerprint density at radius 1 is 0.970 bits per heavy atom. The van der Waals surface area contributed by atoms with E-state index in [2.05, 4.69) is 0 Å². The number of imide groups is 1. The molecule has 174 valence electrons. The van der Waals surface area contributed by atoms with Gasteiger partial charge >= 0.3 is 0 Å². The summed E-state index contributed by atoms with van der Waals surface area (Å²) in [6.45, 7) is 2.16. The van der Waals surface area contributed by atoms with Gasteiger partial charge in [0.25, 0.3) is 5.91 Å². The van der Waals surface area contributed by atoms with Crippen LogP contribution in [-0.4, -0.2) is 70.0 Å². The molecule has 0 spiro atoms. The minimum absolute atomic E-state index is 0.0928. The number of amides is 2. The second-order valence-corrected chi connectivity index (χ2v) is 10.5. The lowest BCUT2D eigenvalue weighted by Crippen LogP contribution is -3.19. The second kappa shape index (κ2) is 8.60. The molecule has 33 heavy (non-hydrogen) atoms. The molecule has 11 heteroatoms. The number of carbonyl (C=O) groups excluding carboxylic acids is 2. The lowest BCUT2D eigenvalue weighted by Gasteiger charge is -2.33. The fourth-order valence-corrected chi connectivity index (χ4v) is 6.17. The van der Waals surface area contributed by atoms with E-state index < -0.39 is 16.1 Å². The highest BCUT2D eigenvalue weighted by atomic mass is 35.5. The zero-order valence-corrected chi connectivity index (χ0v) is 19.3. The fraction of sp³-hybridized carbons (Fsp3) is 0.364. The molecule has 0 saturated carbocycles. The van der Waals surface area contributed by atoms with Crippen molar-refractivity contribution in [2.45, 2.75) is 17.4 Å². The summed E-state index contributed by atoms with van der Waals surface area (Å²) in [5, 5.41) is 0.446. The summed E-state index contributed by atoms with van der Waals surface area (Å²) in [5.74, 6) is 0.400. The first kappa shape index (κ1) is 22.1. The zero-order chi connectivity index (χ0) is 23.2. The summed E-state index contributed by atoms with van der Waals surface area (Å²) in [7, 11) is -3.72. The first-order valence-electron chi connectivity index (χ1n) is 10.7. The van der Waals surface area contributed by atoms with Gasteiger partial charge < -0.3 is 14.4 Å². The molecule has 2 saturated heterocycles. The number of carbonyl (C=O) groups is 2. The third-order valence-corrected chi connectivity index (χ3v) is 8.35. The van der Waals surface area contributed by atoms with Crippen molar-refractivity contribution in [2.75, 3.05) is 44.3 Å². The molecule has 0 unspecified atom stereocenters. The highest BCUT2D eigenvalue weighted by Crippen LogP contribution is 2.33. The molecule has 2 aromatic rings. The van der Waals surface area contributed by atoms with E-state index in [9.17, 15) is 18.0 Å². The van der Waals surface area contributed by atoms with Gasteiger partial charge in [0.2, 0.25) is 15.9 Å². The van der Waals surface area contributed by atoms with E-state index >= 15 is 0 Å². The van der Waals surface area contributed by atoms with Crippen LogP contribution in [0.25, 0.3) is 0 Å². The van der Waals surface area contributed by atoms with Gasteiger partial charge in [0.1, 0.15) is 13.2 Å². The number of nitrogens with zero attached hydrogens (tertiary/aromatic N) is 2. The van der Waals surface area contributed by atoms with Crippen LogP contribution in [-0.2, 0) is 19.6 Å². The van der Waals surface area contributed by atoms with Crippen molar-refractivity contribution in [1.82, 2.24) is 4.31 Å². The number of ether oxygens (including phenoxy) is 2. The van der Waals surface area contributed by atoms with Crippen molar-refractivity contribution in [3.05, 3.63) is 47.5 Å². The molecular formula is C22H23ClN3O6S+. The molecule has 0 aliphatic carbocycles. The fourth-order valence-electron chi connectivity index (χ4n) is 4.53. The van der Waals surface area contributed by atoms with E-state index in [0.29, 0.717) is 48.5 Å². The van der Waals surface area contributed by atoms with Gasteiger partial charge in [0.05, 0.1) is 43.2 Å². The van der Waals surface area contributed by atoms with Crippen molar-refractivity contribution >= 4 is 39.1 Å². The lowest BCUT2D eigenvalue weighted by atomic mass is 10.2. The maximum atomic E-state index is 13.2. The van der Waals surface area contributed by atoms with Crippen LogP contribution in [0.2, 0.25) is 5.02 Å². The van der Waals surface area contributed by atoms with Gasteiger partial charge in [-0.3, -0.25) is 9.59 Å². The average molecular weight is 493 g/mol. The van der Waals surface area contributed by atoms with Crippen LogP contribution in [0.5, 0.6) is 11.5 Å². The summed E-state index contributed by atoms with van der Waals surface area (Å²) in [5.41, 5.74) is 0.458. The molecule has 2 fully saturated rings. The average Bonchev–Trinajstić information content (AvgIpc) is 3.12. The topological polar surface area (TPSA) is 97.7 Å². The van der Waals surface area contributed by atoms with Gasteiger partial charge in [0.15, 0.2) is 17.5 Å². The van der Waals surface area contributed by atoms with Crippen LogP contribution < -0.4 is 19.3 Å². The van der Waals surface area contributed by atoms with E-state index in [-0.39, 0.29) is 36.2 Å². The number of fused-ring (bicyclic) bond motifs is 1. The number of nitrogens with one attached hydrogen (secondary N) is 1. The molecule has 3 aliphatic rings. The highest BCUT2D eigenvalue weighted by molar-refractivity contribution is 7.89. The predicted molar refractivity (Wildman–Crippen MR) is 119 cm³/mol. The third kappa shape index (κ3) is 4.08. The van der Waals surface area contributed by atoms with Crippen LogP contribution in [0.4, 0.5) is 5.69 Å². The van der Waals surface area contributed by atoms with Crippen molar-refractivity contribution < 1.29 is 32.4 Å². The number of quaternary nitrogens is 1. The van der Waals surface area contributed by atoms with Gasteiger partial charge in [0, 0.05) is 11.1 Å². The monoisotopic (exact) mass is 492 g/mol. The first-order valence-corrected chi connectivity index (χ1v) is 12.5. The molecule has 1 atom stereocenters. The maximum Gasteiger partial charge on any atom is 0.292 e. The Morgan fingerprint density at radius 2 is 1.70 bits per heavy atom. The molecule has 0 radical (unpaired) electrons. The van der Waals surface area contributed by atoms with E-state index in [1.54, 1.807) is 30.3 Å². The number of anilines is 1. The summed E-state index contributed by atoms with van der Waals surface area (Å²) in [4.78, 5) is 27.9. The molecular weight excluding hydrogens is 470 g/mol. The van der Waals surface area contributed by atoms with Crippen molar-refractivity contribution in [3.63, 3.8) is 0 Å². The van der Waals surface area contributed by atoms with E-state index in [1.807, 2.05) is 0 Å². The van der Waals surface area contributed by atoms with Gasteiger partial charge in [-0.25, -0.2) is 13.3 Å². The third-order valence-electron chi connectivity index (χ3n) is 6.22. The Kier molecular flexibility index (Phi) is 5.77. The first-order chi connectivity index (χ1) is 15.8. The molecule has 2 amide bonds. The van der Waals surface area contributed by atoms with Crippen molar-refractivity contribution in [1.29, 1.82) is 0 Å². The number of piperazine rings is 1. The van der Waals surface area contributed by atoms with Crippen LogP contribution in [0.15, 0.2) is 47.4 Å². The number of hydrogen-bond acceptors (Lipinski definition) is 6. The quantitative estimate of drug-likeness (QED) is 0.618.